The van der Waals surface area contributed by atoms with Gasteiger partial charge < -0.3 is 9.47 Å². The summed E-state index contributed by atoms with van der Waals surface area (Å²) in [5.41, 5.74) is 2.42. The predicted octanol–water partition coefficient (Wildman–Crippen LogP) is 4.46. The number of hydrogen-bond donors (Lipinski definition) is 0. The lowest BCUT2D eigenvalue weighted by Gasteiger charge is -2.36. The Balaban J connectivity index is 1.90. The highest BCUT2D eigenvalue weighted by Gasteiger charge is 2.33. The number of carbonyl (C=O) groups is 2. The van der Waals surface area contributed by atoms with Gasteiger partial charge >= 0.3 is 11.9 Å². The molecule has 2 rings (SSSR count). The number of rotatable bonds is 5. The molecule has 4 nitrogen and oxygen atoms in total. The Labute approximate surface area is 150 Å². The van der Waals surface area contributed by atoms with Gasteiger partial charge in [0.1, 0.15) is 6.10 Å². The smallest absolute Gasteiger partial charge is 0.344 e. The SMILES string of the molecule is Cc1ccc(C(=O)OCC(=O)O[C@@H]2C[C@@H](C)CC[C@@H]2C(C)C)c(C)c1. The van der Waals surface area contributed by atoms with Crippen molar-refractivity contribution in [1.82, 2.24) is 0 Å². The number of esters is 2. The monoisotopic (exact) mass is 346 g/mol. The lowest BCUT2D eigenvalue weighted by molar-refractivity contribution is -0.159. The van der Waals surface area contributed by atoms with Crippen LogP contribution in [-0.4, -0.2) is 24.6 Å². The molecule has 0 unspecified atom stereocenters. The number of carbonyl (C=O) groups excluding carboxylic acids is 2. The summed E-state index contributed by atoms with van der Waals surface area (Å²) in [5, 5.41) is 0. The first-order chi connectivity index (χ1) is 11.8. The van der Waals surface area contributed by atoms with Crippen LogP contribution in [0.4, 0.5) is 0 Å². The molecule has 0 saturated heterocycles. The normalized spacial score (nSPS) is 23.4. The topological polar surface area (TPSA) is 52.6 Å². The molecule has 1 aliphatic rings. The highest BCUT2D eigenvalue weighted by atomic mass is 16.6. The van der Waals surface area contributed by atoms with Gasteiger partial charge in [-0.2, -0.15) is 0 Å². The first-order valence-corrected chi connectivity index (χ1v) is 9.21. The number of ether oxygens (including phenoxy) is 2. The van der Waals surface area contributed by atoms with Crippen LogP contribution < -0.4 is 0 Å². The Kier molecular flexibility index (Phi) is 6.63. The predicted molar refractivity (Wildman–Crippen MR) is 97.4 cm³/mol. The van der Waals surface area contributed by atoms with Crippen molar-refractivity contribution in [2.45, 2.75) is 60.0 Å². The minimum Gasteiger partial charge on any atom is -0.460 e. The molecule has 1 fully saturated rings. The van der Waals surface area contributed by atoms with Crippen molar-refractivity contribution in [3.63, 3.8) is 0 Å². The fraction of sp³-hybridized carbons (Fsp3) is 0.619. The van der Waals surface area contributed by atoms with E-state index in [4.69, 9.17) is 9.47 Å². The largest absolute Gasteiger partial charge is 0.460 e. The Bertz CT molecular complexity index is 620. The minimum atomic E-state index is -0.480. The van der Waals surface area contributed by atoms with Gasteiger partial charge in [-0.15, -0.1) is 0 Å². The van der Waals surface area contributed by atoms with Gasteiger partial charge in [-0.3, -0.25) is 0 Å². The van der Waals surface area contributed by atoms with E-state index in [-0.39, 0.29) is 12.7 Å². The fourth-order valence-electron chi connectivity index (χ4n) is 3.70. The zero-order chi connectivity index (χ0) is 18.6. The third-order valence-electron chi connectivity index (χ3n) is 5.17. The van der Waals surface area contributed by atoms with Crippen LogP contribution in [-0.2, 0) is 14.3 Å². The molecule has 3 atom stereocenters. The molecule has 0 N–H and O–H groups in total. The van der Waals surface area contributed by atoms with E-state index < -0.39 is 11.9 Å². The summed E-state index contributed by atoms with van der Waals surface area (Å²) in [7, 11) is 0. The van der Waals surface area contributed by atoms with Crippen LogP contribution in [0.25, 0.3) is 0 Å². The van der Waals surface area contributed by atoms with Gasteiger partial charge in [0.2, 0.25) is 0 Å². The van der Waals surface area contributed by atoms with Crippen LogP contribution in [0.15, 0.2) is 18.2 Å². The summed E-state index contributed by atoms with van der Waals surface area (Å²) < 4.78 is 10.8. The molecule has 1 aliphatic carbocycles. The maximum Gasteiger partial charge on any atom is 0.344 e. The quantitative estimate of drug-likeness (QED) is 0.739. The van der Waals surface area contributed by atoms with E-state index in [0.29, 0.717) is 23.3 Å². The zero-order valence-corrected chi connectivity index (χ0v) is 16.0. The van der Waals surface area contributed by atoms with Gasteiger partial charge in [-0.1, -0.05) is 44.9 Å². The van der Waals surface area contributed by atoms with Crippen molar-refractivity contribution in [2.24, 2.45) is 17.8 Å². The number of benzene rings is 1. The first kappa shape index (κ1) is 19.5. The van der Waals surface area contributed by atoms with Crippen LogP contribution in [0.5, 0.6) is 0 Å². The lowest BCUT2D eigenvalue weighted by atomic mass is 9.75. The van der Waals surface area contributed by atoms with Crippen molar-refractivity contribution in [1.29, 1.82) is 0 Å². The van der Waals surface area contributed by atoms with Gasteiger partial charge in [0.05, 0.1) is 5.56 Å². The van der Waals surface area contributed by atoms with E-state index in [2.05, 4.69) is 20.8 Å². The summed E-state index contributed by atoms with van der Waals surface area (Å²) in [6, 6.07) is 5.51. The van der Waals surface area contributed by atoms with E-state index in [9.17, 15) is 9.59 Å². The van der Waals surface area contributed by atoms with Crippen molar-refractivity contribution in [3.8, 4) is 0 Å². The molecule has 4 heteroatoms. The summed E-state index contributed by atoms with van der Waals surface area (Å²) in [5.74, 6) is 0.485. The number of aryl methyl sites for hydroxylation is 2. The highest BCUT2D eigenvalue weighted by molar-refractivity contribution is 5.92. The molecule has 25 heavy (non-hydrogen) atoms. The summed E-state index contributed by atoms with van der Waals surface area (Å²) in [6.07, 6.45) is 3.08. The van der Waals surface area contributed by atoms with Crippen LogP contribution >= 0.6 is 0 Å². The Morgan fingerprint density at radius 2 is 1.92 bits per heavy atom. The first-order valence-electron chi connectivity index (χ1n) is 9.21. The molecule has 0 heterocycles. The Morgan fingerprint density at radius 3 is 2.56 bits per heavy atom. The maximum absolute atomic E-state index is 12.2. The molecule has 0 amide bonds. The zero-order valence-electron chi connectivity index (χ0n) is 16.0. The van der Waals surface area contributed by atoms with E-state index in [1.165, 1.54) is 6.42 Å². The van der Waals surface area contributed by atoms with Crippen LogP contribution in [0, 0.1) is 31.6 Å². The third kappa shape index (κ3) is 5.32. The summed E-state index contributed by atoms with van der Waals surface area (Å²) in [4.78, 5) is 24.3. The van der Waals surface area contributed by atoms with E-state index in [1.807, 2.05) is 26.0 Å². The van der Waals surface area contributed by atoms with Gasteiger partial charge in [0, 0.05) is 0 Å². The highest BCUT2D eigenvalue weighted by Crippen LogP contribution is 2.35. The van der Waals surface area contributed by atoms with Crippen molar-refractivity contribution in [3.05, 3.63) is 34.9 Å². The van der Waals surface area contributed by atoms with E-state index in [1.54, 1.807) is 6.07 Å². The molecule has 0 aliphatic heterocycles. The summed E-state index contributed by atoms with van der Waals surface area (Å²) >= 11 is 0. The van der Waals surface area contributed by atoms with Gasteiger partial charge in [-0.05, 0) is 56.1 Å². The van der Waals surface area contributed by atoms with Crippen LogP contribution in [0.3, 0.4) is 0 Å². The standard InChI is InChI=1S/C21H30O4/c1-13(2)17-8-6-15(4)11-19(17)25-20(22)12-24-21(23)18-9-7-14(3)10-16(18)5/h7,9-10,13,15,17,19H,6,8,11-12H2,1-5H3/t15-,17+,19+/m0/s1. The minimum absolute atomic E-state index is 0.0731. The molecule has 1 aromatic carbocycles. The molecule has 0 spiro atoms. The van der Waals surface area contributed by atoms with Crippen molar-refractivity contribution < 1.29 is 19.1 Å². The summed E-state index contributed by atoms with van der Waals surface area (Å²) in [6.45, 7) is 10.0. The second-order valence-electron chi connectivity index (χ2n) is 7.75. The van der Waals surface area contributed by atoms with E-state index in [0.717, 1.165) is 24.0 Å². The molecule has 0 radical (unpaired) electrons. The molecule has 1 aromatic rings. The fourth-order valence-corrected chi connectivity index (χ4v) is 3.70. The van der Waals surface area contributed by atoms with Gasteiger partial charge in [0.25, 0.3) is 0 Å². The Morgan fingerprint density at radius 1 is 1.20 bits per heavy atom. The average Bonchev–Trinajstić information content (AvgIpc) is 2.52. The second kappa shape index (κ2) is 8.50. The van der Waals surface area contributed by atoms with Crippen molar-refractivity contribution in [2.75, 3.05) is 6.61 Å². The van der Waals surface area contributed by atoms with Gasteiger partial charge in [-0.25, -0.2) is 9.59 Å². The maximum atomic E-state index is 12.2. The average molecular weight is 346 g/mol. The van der Waals surface area contributed by atoms with Gasteiger partial charge in [0.15, 0.2) is 6.61 Å². The van der Waals surface area contributed by atoms with Crippen molar-refractivity contribution >= 4 is 11.9 Å². The molecular formula is C21H30O4. The molecule has 138 valence electrons. The van der Waals surface area contributed by atoms with E-state index >= 15 is 0 Å². The molecular weight excluding hydrogens is 316 g/mol. The second-order valence-corrected chi connectivity index (χ2v) is 7.75. The van der Waals surface area contributed by atoms with Crippen LogP contribution in [0.1, 0.15) is 61.5 Å². The Hall–Kier alpha value is -1.84. The third-order valence-corrected chi connectivity index (χ3v) is 5.17. The molecule has 0 bridgehead atoms. The molecule has 1 saturated carbocycles. The molecule has 0 aromatic heterocycles. The number of hydrogen-bond acceptors (Lipinski definition) is 4. The van der Waals surface area contributed by atoms with Crippen LogP contribution in [0.2, 0.25) is 0 Å². The lowest BCUT2D eigenvalue weighted by Crippen LogP contribution is -2.36.